The van der Waals surface area contributed by atoms with Crippen LogP contribution in [0.4, 0.5) is 0 Å². The van der Waals surface area contributed by atoms with Crippen LogP contribution in [0.25, 0.3) is 0 Å². The predicted octanol–water partition coefficient (Wildman–Crippen LogP) is 6.32. The van der Waals surface area contributed by atoms with Gasteiger partial charge in [0, 0.05) is 12.1 Å². The molecule has 4 fully saturated rings. The fourth-order valence-electron chi connectivity index (χ4n) is 7.91. The van der Waals surface area contributed by atoms with Crippen LogP contribution < -0.4 is 10.6 Å². The van der Waals surface area contributed by atoms with Crippen LogP contribution in [-0.4, -0.2) is 111 Å². The third-order valence-corrected chi connectivity index (χ3v) is 10.7. The second kappa shape index (κ2) is 23.4. The first-order chi connectivity index (χ1) is 28.9. The highest BCUT2D eigenvalue weighted by Crippen LogP contribution is 2.42. The molecule has 4 saturated heterocycles. The van der Waals surface area contributed by atoms with E-state index in [0.717, 1.165) is 49.9 Å². The summed E-state index contributed by atoms with van der Waals surface area (Å²) in [5.74, 6) is -1.98. The molecule has 2 aromatic rings. The van der Waals surface area contributed by atoms with Crippen molar-refractivity contribution in [3.63, 3.8) is 0 Å². The molecule has 6 rings (SSSR count). The minimum atomic E-state index is -0.735. The first-order valence-electron chi connectivity index (χ1n) is 22.0. The number of hydrogen-bond acceptors (Lipinski definition) is 14. The van der Waals surface area contributed by atoms with Crippen LogP contribution >= 0.6 is 0 Å². The van der Waals surface area contributed by atoms with Gasteiger partial charge in [-0.25, -0.2) is 0 Å². The quantitative estimate of drug-likeness (QED) is 0.101. The number of ether oxygens (including phenoxy) is 10. The smallest absolute Gasteiger partial charge is 0.307 e. The van der Waals surface area contributed by atoms with Crippen LogP contribution in [-0.2, 0) is 70.2 Å². The molecule has 60 heavy (non-hydrogen) atoms. The van der Waals surface area contributed by atoms with Gasteiger partial charge in [-0.15, -0.1) is 0 Å². The summed E-state index contributed by atoms with van der Waals surface area (Å²) in [4.78, 5) is 24.5. The predicted molar refractivity (Wildman–Crippen MR) is 223 cm³/mol. The van der Waals surface area contributed by atoms with Crippen molar-refractivity contribution < 1.29 is 57.0 Å². The summed E-state index contributed by atoms with van der Waals surface area (Å²) in [7, 11) is 0. The Morgan fingerprint density at radius 1 is 0.600 bits per heavy atom. The highest BCUT2D eigenvalue weighted by molar-refractivity contribution is 5.70. The zero-order chi connectivity index (χ0) is 43.1. The van der Waals surface area contributed by atoms with Gasteiger partial charge in [0.25, 0.3) is 0 Å². The Labute approximate surface area is 356 Å². The Kier molecular flexibility index (Phi) is 18.8. The Bertz CT molecular complexity index is 1450. The van der Waals surface area contributed by atoms with Gasteiger partial charge in [-0.05, 0) is 78.6 Å². The lowest BCUT2D eigenvalue weighted by atomic mass is 10.00. The number of rotatable bonds is 22. The van der Waals surface area contributed by atoms with Crippen LogP contribution in [0.5, 0.6) is 0 Å². The third-order valence-electron chi connectivity index (χ3n) is 10.7. The maximum Gasteiger partial charge on any atom is 0.307 e. The van der Waals surface area contributed by atoms with Crippen LogP contribution in [0.15, 0.2) is 60.7 Å². The summed E-state index contributed by atoms with van der Waals surface area (Å²) in [6, 6.07) is 19.5. The fourth-order valence-corrected chi connectivity index (χ4v) is 7.91. The number of carbonyl (C=O) groups excluding carboxylic acids is 2. The van der Waals surface area contributed by atoms with E-state index >= 15 is 0 Å². The molecule has 4 aliphatic heterocycles. The van der Waals surface area contributed by atoms with Crippen molar-refractivity contribution in [3.8, 4) is 0 Å². The van der Waals surface area contributed by atoms with Crippen LogP contribution in [0.3, 0.4) is 0 Å². The van der Waals surface area contributed by atoms with Crippen molar-refractivity contribution >= 4 is 11.9 Å². The summed E-state index contributed by atoms with van der Waals surface area (Å²) < 4.78 is 59.6. The van der Waals surface area contributed by atoms with Gasteiger partial charge >= 0.3 is 11.9 Å². The second-order valence-corrected chi connectivity index (χ2v) is 16.5. The van der Waals surface area contributed by atoms with E-state index in [9.17, 15) is 9.59 Å². The SMILES string of the molecule is CCCCN[C@@H](CC(=O)OCC)[C@H]1O[C@@H]2OC(C)(C)O[C@@H]2[C@H]1OCc1ccccc1.CCCCN[C@H](CC(=O)OCC)[C@H]1O[C@@H]2OC(C)(C)O[C@@H]2[C@H]1OCc1ccccc1. The molecule has 4 heterocycles. The molecule has 0 unspecified atom stereocenters. The van der Waals surface area contributed by atoms with E-state index in [1.165, 1.54) is 0 Å². The number of nitrogens with one attached hydrogen (secondary N) is 2. The highest BCUT2D eigenvalue weighted by atomic mass is 16.9. The van der Waals surface area contributed by atoms with Crippen molar-refractivity contribution in [2.24, 2.45) is 0 Å². The molecule has 14 nitrogen and oxygen atoms in total. The molecule has 2 N–H and O–H groups in total. The van der Waals surface area contributed by atoms with Gasteiger partial charge in [0.15, 0.2) is 24.2 Å². The summed E-state index contributed by atoms with van der Waals surface area (Å²) in [6.07, 6.45) is 1.27. The lowest BCUT2D eigenvalue weighted by Gasteiger charge is -2.31. The maximum atomic E-state index is 12.3. The normalized spacial score (nSPS) is 28.3. The van der Waals surface area contributed by atoms with E-state index in [-0.39, 0.29) is 73.5 Å². The van der Waals surface area contributed by atoms with E-state index < -0.39 is 24.2 Å². The second-order valence-electron chi connectivity index (χ2n) is 16.5. The minimum absolute atomic E-state index is 0.205. The van der Waals surface area contributed by atoms with Crippen LogP contribution in [0.2, 0.25) is 0 Å². The molecule has 0 bridgehead atoms. The van der Waals surface area contributed by atoms with Crippen molar-refractivity contribution in [1.29, 1.82) is 0 Å². The number of benzene rings is 2. The number of hydrogen-bond donors (Lipinski definition) is 2. The topological polar surface area (TPSA) is 150 Å². The summed E-state index contributed by atoms with van der Waals surface area (Å²) >= 11 is 0. The maximum absolute atomic E-state index is 12.3. The molecule has 0 aromatic heterocycles. The minimum Gasteiger partial charge on any atom is -0.466 e. The van der Waals surface area contributed by atoms with Gasteiger partial charge in [0.2, 0.25) is 0 Å². The lowest BCUT2D eigenvalue weighted by Crippen LogP contribution is -2.50. The van der Waals surface area contributed by atoms with E-state index in [4.69, 9.17) is 47.4 Å². The van der Waals surface area contributed by atoms with Gasteiger partial charge in [-0.2, -0.15) is 0 Å². The number of fused-ring (bicyclic) bond motifs is 2. The average Bonchev–Trinajstić information content (AvgIpc) is 3.91. The number of carbonyl (C=O) groups is 2. The zero-order valence-electron chi connectivity index (χ0n) is 36.9. The fraction of sp³-hybridized carbons (Fsp3) is 0.696. The number of esters is 2. The van der Waals surface area contributed by atoms with Crippen molar-refractivity contribution in [1.82, 2.24) is 10.6 Å². The summed E-state index contributed by atoms with van der Waals surface area (Å²) in [6.45, 7) is 18.5. The van der Waals surface area contributed by atoms with Crippen molar-refractivity contribution in [2.45, 2.75) is 180 Å². The Hall–Kier alpha value is -3.02. The van der Waals surface area contributed by atoms with Gasteiger partial charge in [0.05, 0.1) is 39.3 Å². The van der Waals surface area contributed by atoms with Gasteiger partial charge in [0.1, 0.15) is 36.6 Å². The molecule has 336 valence electrons. The van der Waals surface area contributed by atoms with Gasteiger partial charge in [-0.1, -0.05) is 87.4 Å². The molecule has 0 saturated carbocycles. The Balaban J connectivity index is 0.000000228. The molecule has 0 aliphatic carbocycles. The first kappa shape index (κ1) is 48.0. The van der Waals surface area contributed by atoms with Crippen molar-refractivity contribution in [2.75, 3.05) is 26.3 Å². The molecule has 4 aliphatic rings. The largest absolute Gasteiger partial charge is 0.466 e. The summed E-state index contributed by atoms with van der Waals surface area (Å²) in [5.41, 5.74) is 2.14. The molecular formula is C46H70N2O12. The van der Waals surface area contributed by atoms with Crippen LogP contribution in [0, 0.1) is 0 Å². The zero-order valence-corrected chi connectivity index (χ0v) is 36.9. The Morgan fingerprint density at radius 3 is 1.33 bits per heavy atom. The Morgan fingerprint density at radius 2 is 0.983 bits per heavy atom. The molecule has 2 aromatic carbocycles. The molecule has 0 spiro atoms. The average molecular weight is 843 g/mol. The monoisotopic (exact) mass is 842 g/mol. The van der Waals surface area contributed by atoms with Crippen LogP contribution in [0.1, 0.15) is 105 Å². The molecule has 14 heteroatoms. The van der Waals surface area contributed by atoms with E-state index in [2.05, 4.69) is 24.5 Å². The number of unbranched alkanes of at least 4 members (excludes halogenated alkanes) is 2. The standard InChI is InChI=1S/2C23H35NO6/c2*1-5-7-13-24-17(14-18(25)26-6-2)19-20(27-15-16-11-9-8-10-12-16)21-22(28-19)30-23(3,4)29-21/h2*8-12,17,19-22,24H,5-7,13-15H2,1-4H3/t17-,19+,20-,21+,22+;17-,19-,20+,21-,22-/m01/s1. The van der Waals surface area contributed by atoms with Gasteiger partial charge < -0.3 is 58.0 Å². The molecule has 10 atom stereocenters. The first-order valence-corrected chi connectivity index (χ1v) is 22.0. The highest BCUT2D eigenvalue weighted by Gasteiger charge is 2.58. The van der Waals surface area contributed by atoms with E-state index in [1.807, 2.05) is 102 Å². The molecule has 0 radical (unpaired) electrons. The molecule has 0 amide bonds. The van der Waals surface area contributed by atoms with Gasteiger partial charge in [-0.3, -0.25) is 9.59 Å². The molecular weight excluding hydrogens is 773 g/mol. The van der Waals surface area contributed by atoms with E-state index in [1.54, 1.807) is 0 Å². The van der Waals surface area contributed by atoms with E-state index in [0.29, 0.717) is 26.4 Å². The van der Waals surface area contributed by atoms with Crippen molar-refractivity contribution in [3.05, 3.63) is 71.8 Å². The summed E-state index contributed by atoms with van der Waals surface area (Å²) in [5, 5.41) is 6.95. The lowest BCUT2D eigenvalue weighted by molar-refractivity contribution is -0.223. The third kappa shape index (κ3) is 14.0.